The summed E-state index contributed by atoms with van der Waals surface area (Å²) in [6.45, 7) is 1.09. The minimum atomic E-state index is 0.884. The number of H-pyrrole nitrogens is 1. The number of hydrogen-bond donors (Lipinski definition) is 1. The van der Waals surface area contributed by atoms with Crippen molar-refractivity contribution in [1.29, 1.82) is 0 Å². The zero-order chi connectivity index (χ0) is 11.5. The van der Waals surface area contributed by atoms with Crippen LogP contribution in [0.4, 0.5) is 0 Å². The second-order valence-electron chi connectivity index (χ2n) is 4.37. The average molecular weight is 237 g/mol. The molecule has 2 aromatic rings. The number of aromatic amines is 1. The van der Waals surface area contributed by atoms with E-state index in [9.17, 15) is 0 Å². The summed E-state index contributed by atoms with van der Waals surface area (Å²) in [5.74, 6) is 0. The van der Waals surface area contributed by atoms with E-state index < -0.39 is 0 Å². The van der Waals surface area contributed by atoms with Gasteiger partial charge in [0.2, 0.25) is 0 Å². The summed E-state index contributed by atoms with van der Waals surface area (Å²) >= 11 is 6.33. The fourth-order valence-electron chi connectivity index (χ4n) is 1.91. The quantitative estimate of drug-likeness (QED) is 0.863. The van der Waals surface area contributed by atoms with Gasteiger partial charge in [0.05, 0.1) is 5.02 Å². The van der Waals surface area contributed by atoms with Crippen molar-refractivity contribution in [2.75, 3.05) is 20.6 Å². The van der Waals surface area contributed by atoms with Gasteiger partial charge in [0.25, 0.3) is 0 Å². The van der Waals surface area contributed by atoms with Gasteiger partial charge in [-0.25, -0.2) is 0 Å². The van der Waals surface area contributed by atoms with E-state index in [1.807, 2.05) is 12.1 Å². The summed E-state index contributed by atoms with van der Waals surface area (Å²) < 4.78 is 0. The van der Waals surface area contributed by atoms with Crippen LogP contribution in [-0.4, -0.2) is 30.5 Å². The topological polar surface area (TPSA) is 19.0 Å². The first-order valence-electron chi connectivity index (χ1n) is 5.58. The van der Waals surface area contributed by atoms with Crippen LogP contribution in [-0.2, 0) is 6.42 Å². The standard InChI is InChI=1S/C13H17ClN2/c1-16(2)9-5-8-12-13(14)10-6-3-4-7-11(10)15-12/h3-4,6-7,15H,5,8-9H2,1-2H3. The summed E-state index contributed by atoms with van der Waals surface area (Å²) in [4.78, 5) is 5.58. The predicted molar refractivity (Wildman–Crippen MR) is 70.2 cm³/mol. The Hall–Kier alpha value is -0.990. The van der Waals surface area contributed by atoms with E-state index in [2.05, 4.69) is 36.1 Å². The zero-order valence-corrected chi connectivity index (χ0v) is 10.5. The van der Waals surface area contributed by atoms with Gasteiger partial charge in [0, 0.05) is 16.6 Å². The first-order valence-corrected chi connectivity index (χ1v) is 5.96. The van der Waals surface area contributed by atoms with Crippen LogP contribution in [0.15, 0.2) is 24.3 Å². The third kappa shape index (κ3) is 2.39. The van der Waals surface area contributed by atoms with Gasteiger partial charge in [0.1, 0.15) is 0 Å². The molecule has 0 atom stereocenters. The lowest BCUT2D eigenvalue weighted by atomic mass is 10.2. The molecule has 2 nitrogen and oxygen atoms in total. The molecular weight excluding hydrogens is 220 g/mol. The maximum Gasteiger partial charge on any atom is 0.0691 e. The predicted octanol–water partition coefficient (Wildman–Crippen LogP) is 3.32. The molecule has 3 heteroatoms. The molecule has 1 aromatic carbocycles. The van der Waals surface area contributed by atoms with Gasteiger partial charge in [0.15, 0.2) is 0 Å². The molecule has 0 aliphatic carbocycles. The van der Waals surface area contributed by atoms with E-state index in [0.29, 0.717) is 0 Å². The molecular formula is C13H17ClN2. The molecule has 2 rings (SSSR count). The van der Waals surface area contributed by atoms with E-state index in [1.165, 1.54) is 0 Å². The summed E-state index contributed by atoms with van der Waals surface area (Å²) in [6.07, 6.45) is 2.13. The van der Waals surface area contributed by atoms with Gasteiger partial charge in [-0.1, -0.05) is 29.8 Å². The molecule has 1 N–H and O–H groups in total. The van der Waals surface area contributed by atoms with Gasteiger partial charge in [-0.2, -0.15) is 0 Å². The summed E-state index contributed by atoms with van der Waals surface area (Å²) in [5.41, 5.74) is 2.29. The Labute approximate surface area is 101 Å². The van der Waals surface area contributed by atoms with Gasteiger partial charge < -0.3 is 9.88 Å². The average Bonchev–Trinajstić information content (AvgIpc) is 2.56. The molecule has 86 valence electrons. The van der Waals surface area contributed by atoms with E-state index in [0.717, 1.165) is 41.0 Å². The van der Waals surface area contributed by atoms with Crippen molar-refractivity contribution in [2.24, 2.45) is 0 Å². The fraction of sp³-hybridized carbons (Fsp3) is 0.385. The number of nitrogens with one attached hydrogen (secondary N) is 1. The van der Waals surface area contributed by atoms with Crippen LogP contribution in [0.1, 0.15) is 12.1 Å². The van der Waals surface area contributed by atoms with Crippen molar-refractivity contribution >= 4 is 22.5 Å². The number of hydrogen-bond acceptors (Lipinski definition) is 1. The zero-order valence-electron chi connectivity index (χ0n) is 9.76. The number of para-hydroxylation sites is 1. The van der Waals surface area contributed by atoms with Crippen molar-refractivity contribution < 1.29 is 0 Å². The molecule has 0 saturated heterocycles. The first kappa shape index (κ1) is 11.5. The van der Waals surface area contributed by atoms with Crippen molar-refractivity contribution in [3.05, 3.63) is 35.0 Å². The Kier molecular flexibility index (Phi) is 3.52. The van der Waals surface area contributed by atoms with Crippen LogP contribution >= 0.6 is 11.6 Å². The highest BCUT2D eigenvalue weighted by Gasteiger charge is 2.08. The number of fused-ring (bicyclic) bond motifs is 1. The van der Waals surface area contributed by atoms with Crippen LogP contribution in [0, 0.1) is 0 Å². The third-order valence-corrected chi connectivity index (χ3v) is 3.18. The minimum absolute atomic E-state index is 0.884. The van der Waals surface area contributed by atoms with Crippen LogP contribution in [0.5, 0.6) is 0 Å². The molecule has 0 aliphatic heterocycles. The second kappa shape index (κ2) is 4.89. The van der Waals surface area contributed by atoms with Gasteiger partial charge in [-0.05, 0) is 39.5 Å². The second-order valence-corrected chi connectivity index (χ2v) is 4.75. The highest BCUT2D eigenvalue weighted by atomic mass is 35.5. The molecule has 1 aromatic heterocycles. The van der Waals surface area contributed by atoms with Gasteiger partial charge in [-0.15, -0.1) is 0 Å². The third-order valence-electron chi connectivity index (χ3n) is 2.75. The number of halogens is 1. The smallest absolute Gasteiger partial charge is 0.0691 e. The lowest BCUT2D eigenvalue weighted by Gasteiger charge is -2.08. The Morgan fingerprint density at radius 3 is 2.69 bits per heavy atom. The normalized spacial score (nSPS) is 11.5. The molecule has 0 spiro atoms. The van der Waals surface area contributed by atoms with Crippen LogP contribution in [0.3, 0.4) is 0 Å². The number of nitrogens with zero attached hydrogens (tertiary/aromatic N) is 1. The largest absolute Gasteiger partial charge is 0.357 e. The highest BCUT2D eigenvalue weighted by Crippen LogP contribution is 2.27. The lowest BCUT2D eigenvalue weighted by molar-refractivity contribution is 0.400. The molecule has 0 fully saturated rings. The number of benzene rings is 1. The van der Waals surface area contributed by atoms with E-state index in [4.69, 9.17) is 11.6 Å². The maximum atomic E-state index is 6.33. The van der Waals surface area contributed by atoms with Crippen molar-refractivity contribution in [1.82, 2.24) is 9.88 Å². The lowest BCUT2D eigenvalue weighted by Crippen LogP contribution is -2.13. The highest BCUT2D eigenvalue weighted by molar-refractivity contribution is 6.36. The molecule has 0 radical (unpaired) electrons. The van der Waals surface area contributed by atoms with Crippen molar-refractivity contribution in [3.8, 4) is 0 Å². The molecule has 0 saturated carbocycles. The fourth-order valence-corrected chi connectivity index (χ4v) is 2.21. The molecule has 0 bridgehead atoms. The van der Waals surface area contributed by atoms with E-state index in [1.54, 1.807) is 0 Å². The molecule has 16 heavy (non-hydrogen) atoms. The van der Waals surface area contributed by atoms with Crippen molar-refractivity contribution in [3.63, 3.8) is 0 Å². The minimum Gasteiger partial charge on any atom is -0.357 e. The van der Waals surface area contributed by atoms with Gasteiger partial charge in [-0.3, -0.25) is 0 Å². The van der Waals surface area contributed by atoms with Crippen LogP contribution < -0.4 is 0 Å². The number of aromatic nitrogens is 1. The van der Waals surface area contributed by atoms with E-state index in [-0.39, 0.29) is 0 Å². The molecule has 0 amide bonds. The van der Waals surface area contributed by atoms with Crippen LogP contribution in [0.25, 0.3) is 10.9 Å². The number of rotatable bonds is 4. The first-order chi connectivity index (χ1) is 7.68. The Balaban J connectivity index is 2.15. The molecule has 0 aliphatic rings. The summed E-state index contributed by atoms with van der Waals surface area (Å²) in [6, 6.07) is 8.17. The summed E-state index contributed by atoms with van der Waals surface area (Å²) in [5, 5.41) is 2.01. The Morgan fingerprint density at radius 2 is 2.00 bits per heavy atom. The number of aryl methyl sites for hydroxylation is 1. The Morgan fingerprint density at radius 1 is 1.25 bits per heavy atom. The maximum absolute atomic E-state index is 6.33. The van der Waals surface area contributed by atoms with Gasteiger partial charge >= 0.3 is 0 Å². The van der Waals surface area contributed by atoms with E-state index >= 15 is 0 Å². The SMILES string of the molecule is CN(C)CCCc1[nH]c2ccccc2c1Cl. The monoisotopic (exact) mass is 236 g/mol. The Bertz CT molecular complexity index is 474. The molecule has 0 unspecified atom stereocenters. The summed E-state index contributed by atoms with van der Waals surface area (Å²) in [7, 11) is 4.18. The molecule has 1 heterocycles. The van der Waals surface area contributed by atoms with Crippen LogP contribution in [0.2, 0.25) is 5.02 Å². The van der Waals surface area contributed by atoms with Crippen molar-refractivity contribution in [2.45, 2.75) is 12.8 Å².